The second kappa shape index (κ2) is 8.02. The number of aromatic nitrogens is 5. The van der Waals surface area contributed by atoms with Gasteiger partial charge in [0.1, 0.15) is 12.0 Å². The molecule has 3 aromatic rings. The van der Waals surface area contributed by atoms with Crippen LogP contribution in [0.25, 0.3) is 5.65 Å². The highest BCUT2D eigenvalue weighted by atomic mass is 16.5. The van der Waals surface area contributed by atoms with Gasteiger partial charge >= 0.3 is 0 Å². The van der Waals surface area contributed by atoms with Crippen molar-refractivity contribution in [2.24, 2.45) is 0 Å². The van der Waals surface area contributed by atoms with Gasteiger partial charge in [-0.1, -0.05) is 19.9 Å². The van der Waals surface area contributed by atoms with E-state index in [2.05, 4.69) is 34.1 Å². The van der Waals surface area contributed by atoms with Crippen molar-refractivity contribution < 1.29 is 9.53 Å². The lowest BCUT2D eigenvalue weighted by Gasteiger charge is -2.25. The highest BCUT2D eigenvalue weighted by Crippen LogP contribution is 2.21. The molecule has 1 amide bonds. The molecule has 0 saturated carbocycles. The molecule has 1 fully saturated rings. The number of nitrogens with zero attached hydrogens (tertiary/aromatic N) is 6. The predicted octanol–water partition coefficient (Wildman–Crippen LogP) is 2.46. The predicted molar refractivity (Wildman–Crippen MR) is 103 cm³/mol. The van der Waals surface area contributed by atoms with E-state index >= 15 is 0 Å². The van der Waals surface area contributed by atoms with E-state index in [-0.39, 0.29) is 17.9 Å². The topological polar surface area (TPSA) is 85.5 Å². The van der Waals surface area contributed by atoms with Crippen molar-refractivity contribution in [3.63, 3.8) is 0 Å². The van der Waals surface area contributed by atoms with Gasteiger partial charge in [-0.3, -0.25) is 9.78 Å². The molecular formula is C20H24N6O2. The fourth-order valence-corrected chi connectivity index (χ4v) is 3.48. The van der Waals surface area contributed by atoms with Gasteiger partial charge < -0.3 is 9.64 Å². The Morgan fingerprint density at radius 3 is 3.00 bits per heavy atom. The highest BCUT2D eigenvalue weighted by molar-refractivity contribution is 5.92. The minimum absolute atomic E-state index is 0.0517. The van der Waals surface area contributed by atoms with Crippen LogP contribution >= 0.6 is 0 Å². The van der Waals surface area contributed by atoms with Crippen molar-refractivity contribution in [2.45, 2.75) is 45.3 Å². The van der Waals surface area contributed by atoms with Gasteiger partial charge in [0.15, 0.2) is 5.65 Å². The third-order valence-corrected chi connectivity index (χ3v) is 4.95. The Balaban J connectivity index is 1.66. The number of pyridine rings is 1. The summed E-state index contributed by atoms with van der Waals surface area (Å²) < 4.78 is 7.34. The maximum absolute atomic E-state index is 13.4. The molecule has 0 unspecified atom stereocenters. The number of carbonyl (C=O) groups excluding carboxylic acids is 1. The summed E-state index contributed by atoms with van der Waals surface area (Å²) in [5.41, 5.74) is 2.85. The Bertz CT molecular complexity index is 950. The van der Waals surface area contributed by atoms with Crippen molar-refractivity contribution in [1.29, 1.82) is 0 Å². The molecule has 4 heterocycles. The number of ether oxygens (including phenoxy) is 1. The summed E-state index contributed by atoms with van der Waals surface area (Å²) in [5.74, 6) is 0.0577. The fourth-order valence-electron chi connectivity index (χ4n) is 3.48. The van der Waals surface area contributed by atoms with Crippen molar-refractivity contribution in [3.8, 4) is 0 Å². The standard InChI is InChI=1S/C20H24N6O2/c1-14(2)17-10-18(24-26-13-22-23-19(17)26)20(27)25(12-16-7-5-9-28-16)11-15-6-3-4-8-21-15/h3-4,6,8,10,13-14,16H,5,7,9,11-12H2,1-2H3/t16-/m0/s1. The Kier molecular flexibility index (Phi) is 5.29. The van der Waals surface area contributed by atoms with Crippen LogP contribution in [0.4, 0.5) is 0 Å². The molecule has 1 atom stereocenters. The fraction of sp³-hybridized carbons (Fsp3) is 0.450. The zero-order valence-electron chi connectivity index (χ0n) is 16.2. The molecule has 4 rings (SSSR count). The second-order valence-electron chi connectivity index (χ2n) is 7.38. The first-order valence-electron chi connectivity index (χ1n) is 9.63. The van der Waals surface area contributed by atoms with Crippen LogP contribution < -0.4 is 0 Å². The van der Waals surface area contributed by atoms with Crippen LogP contribution in [0.3, 0.4) is 0 Å². The van der Waals surface area contributed by atoms with Crippen LogP contribution in [-0.4, -0.2) is 54.9 Å². The molecule has 28 heavy (non-hydrogen) atoms. The first-order chi connectivity index (χ1) is 13.6. The summed E-state index contributed by atoms with van der Waals surface area (Å²) in [5, 5.41) is 12.5. The van der Waals surface area contributed by atoms with Crippen molar-refractivity contribution in [2.75, 3.05) is 13.2 Å². The largest absolute Gasteiger partial charge is 0.376 e. The van der Waals surface area contributed by atoms with Gasteiger partial charge in [-0.25, -0.2) is 0 Å². The maximum atomic E-state index is 13.4. The highest BCUT2D eigenvalue weighted by Gasteiger charge is 2.26. The molecule has 0 N–H and O–H groups in total. The zero-order valence-corrected chi connectivity index (χ0v) is 16.2. The minimum Gasteiger partial charge on any atom is -0.376 e. The van der Waals surface area contributed by atoms with Gasteiger partial charge in [-0.15, -0.1) is 10.2 Å². The normalized spacial score (nSPS) is 16.8. The lowest BCUT2D eigenvalue weighted by atomic mass is 10.0. The quantitative estimate of drug-likeness (QED) is 0.653. The molecule has 0 aliphatic carbocycles. The number of carbonyl (C=O) groups is 1. The Hall–Kier alpha value is -2.87. The smallest absolute Gasteiger partial charge is 0.274 e. The summed E-state index contributed by atoms with van der Waals surface area (Å²) in [6.07, 6.45) is 5.31. The molecule has 1 saturated heterocycles. The van der Waals surface area contributed by atoms with E-state index in [1.165, 1.54) is 6.33 Å². The molecule has 0 aromatic carbocycles. The lowest BCUT2D eigenvalue weighted by molar-refractivity contribution is 0.0499. The SMILES string of the molecule is CC(C)c1cc(C(=O)N(Cc2ccccn2)C[C@@H]2CCCO2)nn2cnnc12. The van der Waals surface area contributed by atoms with E-state index in [9.17, 15) is 4.79 Å². The van der Waals surface area contributed by atoms with E-state index in [1.54, 1.807) is 15.6 Å². The summed E-state index contributed by atoms with van der Waals surface area (Å²) in [4.78, 5) is 19.6. The third kappa shape index (κ3) is 3.87. The summed E-state index contributed by atoms with van der Waals surface area (Å²) >= 11 is 0. The monoisotopic (exact) mass is 380 g/mol. The van der Waals surface area contributed by atoms with E-state index in [0.717, 1.165) is 30.7 Å². The molecule has 0 bridgehead atoms. The second-order valence-corrected chi connectivity index (χ2v) is 7.38. The first kappa shape index (κ1) is 18.5. The summed E-state index contributed by atoms with van der Waals surface area (Å²) in [6.45, 7) is 5.82. The summed E-state index contributed by atoms with van der Waals surface area (Å²) in [7, 11) is 0. The number of fused-ring (bicyclic) bond motifs is 1. The van der Waals surface area contributed by atoms with Crippen LogP contribution in [0.1, 0.15) is 54.4 Å². The van der Waals surface area contributed by atoms with Crippen molar-refractivity contribution in [3.05, 3.63) is 53.7 Å². The molecule has 1 aliphatic rings. The number of rotatable bonds is 6. The van der Waals surface area contributed by atoms with Crippen LogP contribution in [0.15, 0.2) is 36.8 Å². The van der Waals surface area contributed by atoms with Gasteiger partial charge in [-0.05, 0) is 37.0 Å². The van der Waals surface area contributed by atoms with Crippen LogP contribution in [0.5, 0.6) is 0 Å². The number of hydrogen-bond donors (Lipinski definition) is 0. The Labute approximate surface area is 163 Å². The molecule has 0 spiro atoms. The first-order valence-corrected chi connectivity index (χ1v) is 9.63. The van der Waals surface area contributed by atoms with Crippen molar-refractivity contribution in [1.82, 2.24) is 29.7 Å². The third-order valence-electron chi connectivity index (χ3n) is 4.95. The van der Waals surface area contributed by atoms with E-state index in [4.69, 9.17) is 4.74 Å². The number of amides is 1. The molecule has 146 valence electrons. The molecule has 1 aliphatic heterocycles. The van der Waals surface area contributed by atoms with Gasteiger partial charge in [0.25, 0.3) is 5.91 Å². The van der Waals surface area contributed by atoms with E-state index < -0.39 is 0 Å². The molecular weight excluding hydrogens is 356 g/mol. The average molecular weight is 380 g/mol. The van der Waals surface area contributed by atoms with Crippen LogP contribution in [0.2, 0.25) is 0 Å². The molecule has 3 aromatic heterocycles. The van der Waals surface area contributed by atoms with Gasteiger partial charge in [0.2, 0.25) is 0 Å². The minimum atomic E-state index is -0.140. The zero-order chi connectivity index (χ0) is 19.5. The van der Waals surface area contributed by atoms with Gasteiger partial charge in [0.05, 0.1) is 18.3 Å². The lowest BCUT2D eigenvalue weighted by Crippen LogP contribution is -2.37. The summed E-state index contributed by atoms with van der Waals surface area (Å²) in [6, 6.07) is 7.55. The molecule has 8 nitrogen and oxygen atoms in total. The van der Waals surface area contributed by atoms with E-state index in [1.807, 2.05) is 24.3 Å². The average Bonchev–Trinajstić information content (AvgIpc) is 3.38. The van der Waals surface area contributed by atoms with Crippen LogP contribution in [0, 0.1) is 0 Å². The van der Waals surface area contributed by atoms with Gasteiger partial charge in [0, 0.05) is 24.9 Å². The Morgan fingerprint density at radius 1 is 1.39 bits per heavy atom. The Morgan fingerprint density at radius 2 is 2.29 bits per heavy atom. The molecule has 0 radical (unpaired) electrons. The van der Waals surface area contributed by atoms with E-state index in [0.29, 0.717) is 24.4 Å². The van der Waals surface area contributed by atoms with Crippen molar-refractivity contribution >= 4 is 11.6 Å². The molecule has 8 heteroatoms. The maximum Gasteiger partial charge on any atom is 0.274 e. The number of hydrogen-bond acceptors (Lipinski definition) is 6. The van der Waals surface area contributed by atoms with Crippen LogP contribution in [-0.2, 0) is 11.3 Å². The van der Waals surface area contributed by atoms with Gasteiger partial charge in [-0.2, -0.15) is 9.61 Å².